The molecule has 112 valence electrons. The molecule has 2 aromatic carbocycles. The second kappa shape index (κ2) is 7.77. The zero-order chi connectivity index (χ0) is 15.2. The van der Waals surface area contributed by atoms with Crippen molar-refractivity contribution in [1.82, 2.24) is 5.32 Å². The van der Waals surface area contributed by atoms with E-state index >= 15 is 0 Å². The fourth-order valence-electron chi connectivity index (χ4n) is 2.67. The van der Waals surface area contributed by atoms with Crippen molar-refractivity contribution >= 4 is 15.9 Å². The number of benzene rings is 2. The Kier molecular flexibility index (Phi) is 6.01. The SMILES string of the molecule is CCCNC(Cc1cccc(C)c1)c1cc(Br)ccc1C. The number of hydrogen-bond donors (Lipinski definition) is 1. The molecule has 0 saturated heterocycles. The number of aryl methyl sites for hydroxylation is 2. The minimum Gasteiger partial charge on any atom is -0.310 e. The van der Waals surface area contributed by atoms with Gasteiger partial charge in [0, 0.05) is 10.5 Å². The van der Waals surface area contributed by atoms with Crippen LogP contribution in [0.1, 0.15) is 41.6 Å². The normalized spacial score (nSPS) is 12.4. The molecular formula is C19H24BrN. The third kappa shape index (κ3) is 4.69. The molecule has 0 radical (unpaired) electrons. The molecule has 1 unspecified atom stereocenters. The number of nitrogens with one attached hydrogen (secondary N) is 1. The van der Waals surface area contributed by atoms with Crippen molar-refractivity contribution in [2.45, 2.75) is 39.7 Å². The Morgan fingerprint density at radius 3 is 2.62 bits per heavy atom. The van der Waals surface area contributed by atoms with Gasteiger partial charge in [0.2, 0.25) is 0 Å². The Morgan fingerprint density at radius 2 is 1.90 bits per heavy atom. The summed E-state index contributed by atoms with van der Waals surface area (Å²) in [5.41, 5.74) is 5.45. The van der Waals surface area contributed by atoms with Crippen molar-refractivity contribution in [3.63, 3.8) is 0 Å². The molecule has 0 fully saturated rings. The second-order valence-corrected chi connectivity index (χ2v) is 6.62. The average Bonchev–Trinajstić information content (AvgIpc) is 2.46. The van der Waals surface area contributed by atoms with Crippen LogP contribution in [-0.4, -0.2) is 6.54 Å². The molecule has 0 spiro atoms. The molecule has 0 heterocycles. The quantitative estimate of drug-likeness (QED) is 0.743. The highest BCUT2D eigenvalue weighted by atomic mass is 79.9. The Balaban J connectivity index is 2.27. The van der Waals surface area contributed by atoms with E-state index < -0.39 is 0 Å². The van der Waals surface area contributed by atoms with E-state index in [2.05, 4.69) is 84.5 Å². The predicted molar refractivity (Wildman–Crippen MR) is 94.8 cm³/mol. The van der Waals surface area contributed by atoms with Crippen LogP contribution in [-0.2, 0) is 6.42 Å². The average molecular weight is 346 g/mol. The van der Waals surface area contributed by atoms with E-state index in [1.807, 2.05) is 0 Å². The fourth-order valence-corrected chi connectivity index (χ4v) is 3.05. The molecular weight excluding hydrogens is 322 g/mol. The first-order valence-electron chi connectivity index (χ1n) is 7.65. The topological polar surface area (TPSA) is 12.0 Å². The predicted octanol–water partition coefficient (Wildman–Crippen LogP) is 5.35. The summed E-state index contributed by atoms with van der Waals surface area (Å²) in [6, 6.07) is 15.7. The first-order chi connectivity index (χ1) is 10.1. The van der Waals surface area contributed by atoms with Crippen molar-refractivity contribution in [3.05, 3.63) is 69.2 Å². The van der Waals surface area contributed by atoms with Crippen molar-refractivity contribution in [2.24, 2.45) is 0 Å². The minimum atomic E-state index is 0.365. The lowest BCUT2D eigenvalue weighted by Crippen LogP contribution is -2.24. The highest BCUT2D eigenvalue weighted by molar-refractivity contribution is 9.10. The van der Waals surface area contributed by atoms with E-state index in [9.17, 15) is 0 Å². The van der Waals surface area contributed by atoms with Gasteiger partial charge in [-0.05, 0) is 62.1 Å². The summed E-state index contributed by atoms with van der Waals surface area (Å²) in [4.78, 5) is 0. The molecule has 0 aliphatic heterocycles. The first-order valence-corrected chi connectivity index (χ1v) is 8.44. The van der Waals surface area contributed by atoms with E-state index in [0.717, 1.165) is 23.9 Å². The van der Waals surface area contributed by atoms with Crippen LogP contribution in [0.4, 0.5) is 0 Å². The molecule has 0 amide bonds. The number of rotatable bonds is 6. The fraction of sp³-hybridized carbons (Fsp3) is 0.368. The lowest BCUT2D eigenvalue weighted by Gasteiger charge is -2.22. The molecule has 1 atom stereocenters. The molecule has 0 saturated carbocycles. The molecule has 0 aromatic heterocycles. The van der Waals surface area contributed by atoms with Crippen LogP contribution >= 0.6 is 15.9 Å². The van der Waals surface area contributed by atoms with E-state index in [0.29, 0.717) is 6.04 Å². The molecule has 2 heteroatoms. The van der Waals surface area contributed by atoms with Crippen molar-refractivity contribution < 1.29 is 0 Å². The smallest absolute Gasteiger partial charge is 0.0363 e. The van der Waals surface area contributed by atoms with Crippen LogP contribution in [0.3, 0.4) is 0 Å². The van der Waals surface area contributed by atoms with Crippen LogP contribution in [0.15, 0.2) is 46.9 Å². The molecule has 0 aliphatic rings. The van der Waals surface area contributed by atoms with Crippen molar-refractivity contribution in [1.29, 1.82) is 0 Å². The van der Waals surface area contributed by atoms with E-state index in [1.54, 1.807) is 0 Å². The van der Waals surface area contributed by atoms with Crippen LogP contribution in [0.25, 0.3) is 0 Å². The summed E-state index contributed by atoms with van der Waals surface area (Å²) in [5, 5.41) is 3.70. The molecule has 1 nitrogen and oxygen atoms in total. The molecule has 0 bridgehead atoms. The van der Waals surface area contributed by atoms with E-state index in [-0.39, 0.29) is 0 Å². The van der Waals surface area contributed by atoms with Crippen LogP contribution in [0.5, 0.6) is 0 Å². The standard InChI is InChI=1S/C19H24BrN/c1-4-10-21-19(12-16-7-5-6-14(2)11-16)18-13-17(20)9-8-15(18)3/h5-9,11,13,19,21H,4,10,12H2,1-3H3. The summed E-state index contributed by atoms with van der Waals surface area (Å²) in [5.74, 6) is 0. The van der Waals surface area contributed by atoms with Gasteiger partial charge in [-0.1, -0.05) is 58.7 Å². The second-order valence-electron chi connectivity index (χ2n) is 5.70. The third-order valence-electron chi connectivity index (χ3n) is 3.78. The van der Waals surface area contributed by atoms with Gasteiger partial charge in [0.25, 0.3) is 0 Å². The summed E-state index contributed by atoms with van der Waals surface area (Å²) < 4.78 is 1.15. The van der Waals surface area contributed by atoms with E-state index in [1.165, 1.54) is 22.3 Å². The molecule has 21 heavy (non-hydrogen) atoms. The van der Waals surface area contributed by atoms with Crippen LogP contribution < -0.4 is 5.32 Å². The minimum absolute atomic E-state index is 0.365. The Labute approximate surface area is 136 Å². The largest absolute Gasteiger partial charge is 0.310 e. The Bertz CT molecular complexity index is 592. The summed E-state index contributed by atoms with van der Waals surface area (Å²) in [6.07, 6.45) is 2.18. The van der Waals surface area contributed by atoms with Gasteiger partial charge in [0.15, 0.2) is 0 Å². The maximum absolute atomic E-state index is 3.70. The monoisotopic (exact) mass is 345 g/mol. The van der Waals surface area contributed by atoms with Gasteiger partial charge in [-0.3, -0.25) is 0 Å². The highest BCUT2D eigenvalue weighted by Gasteiger charge is 2.14. The summed E-state index contributed by atoms with van der Waals surface area (Å²) >= 11 is 3.60. The van der Waals surface area contributed by atoms with Gasteiger partial charge in [-0.2, -0.15) is 0 Å². The lowest BCUT2D eigenvalue weighted by molar-refractivity contribution is 0.527. The van der Waals surface area contributed by atoms with Crippen molar-refractivity contribution in [3.8, 4) is 0 Å². The Morgan fingerprint density at radius 1 is 1.10 bits per heavy atom. The summed E-state index contributed by atoms with van der Waals surface area (Å²) in [6.45, 7) is 7.61. The number of hydrogen-bond acceptors (Lipinski definition) is 1. The number of halogens is 1. The molecule has 2 aromatic rings. The van der Waals surface area contributed by atoms with Gasteiger partial charge in [-0.15, -0.1) is 0 Å². The van der Waals surface area contributed by atoms with Crippen LogP contribution in [0, 0.1) is 13.8 Å². The Hall–Kier alpha value is -1.12. The van der Waals surface area contributed by atoms with Gasteiger partial charge in [0.05, 0.1) is 0 Å². The maximum atomic E-state index is 3.70. The van der Waals surface area contributed by atoms with Gasteiger partial charge in [0.1, 0.15) is 0 Å². The van der Waals surface area contributed by atoms with Gasteiger partial charge < -0.3 is 5.32 Å². The molecule has 1 N–H and O–H groups in total. The summed E-state index contributed by atoms with van der Waals surface area (Å²) in [7, 11) is 0. The van der Waals surface area contributed by atoms with Gasteiger partial charge in [-0.25, -0.2) is 0 Å². The first kappa shape index (κ1) is 16.3. The van der Waals surface area contributed by atoms with E-state index in [4.69, 9.17) is 0 Å². The van der Waals surface area contributed by atoms with Crippen molar-refractivity contribution in [2.75, 3.05) is 6.54 Å². The maximum Gasteiger partial charge on any atom is 0.0363 e. The third-order valence-corrected chi connectivity index (χ3v) is 4.27. The molecule has 2 rings (SSSR count). The molecule has 0 aliphatic carbocycles. The van der Waals surface area contributed by atoms with Crippen LogP contribution in [0.2, 0.25) is 0 Å². The van der Waals surface area contributed by atoms with Gasteiger partial charge >= 0.3 is 0 Å². The lowest BCUT2D eigenvalue weighted by atomic mass is 9.94. The highest BCUT2D eigenvalue weighted by Crippen LogP contribution is 2.25. The zero-order valence-corrected chi connectivity index (χ0v) is 14.7. The zero-order valence-electron chi connectivity index (χ0n) is 13.1.